The van der Waals surface area contributed by atoms with Crippen molar-refractivity contribution in [3.8, 4) is 0 Å². The van der Waals surface area contributed by atoms with Gasteiger partial charge in [-0.05, 0) is 6.92 Å². The van der Waals surface area contributed by atoms with Crippen LogP contribution < -0.4 is 5.32 Å². The van der Waals surface area contributed by atoms with Crippen molar-refractivity contribution in [2.24, 2.45) is 0 Å². The lowest BCUT2D eigenvalue weighted by molar-refractivity contribution is -0.192. The minimum atomic E-state index is -5.08. The number of aromatic nitrogens is 1. The zero-order valence-electron chi connectivity index (χ0n) is 15.8. The van der Waals surface area contributed by atoms with Crippen molar-refractivity contribution in [3.05, 3.63) is 17.3 Å². The van der Waals surface area contributed by atoms with E-state index in [4.69, 9.17) is 23.8 Å². The summed E-state index contributed by atoms with van der Waals surface area (Å²) in [4.78, 5) is 27.5. The molecule has 160 valence electrons. The van der Waals surface area contributed by atoms with Crippen molar-refractivity contribution >= 4 is 11.9 Å². The van der Waals surface area contributed by atoms with E-state index in [-0.39, 0.29) is 17.8 Å². The number of oxazole rings is 1. The number of amides is 1. The molecule has 0 unspecified atom stereocenters. The van der Waals surface area contributed by atoms with Gasteiger partial charge in [0.05, 0.1) is 18.9 Å². The fourth-order valence-corrected chi connectivity index (χ4v) is 2.34. The maximum absolute atomic E-state index is 12.0. The standard InChI is InChI=1S/C14H23N3O4.C2HF3O2/c1-10(9-20-3)15-13(18)14-16-11-8-17(6-7-19-2)5-4-12(11)21-14;3-2(4,5)1(6)7/h10H,4-9H2,1-3H3,(H,15,18);(H,6,7)/t10-;/m0./s1. The van der Waals surface area contributed by atoms with Crippen molar-refractivity contribution in [3.63, 3.8) is 0 Å². The predicted octanol–water partition coefficient (Wildman–Crippen LogP) is 1.08. The highest BCUT2D eigenvalue weighted by molar-refractivity contribution is 5.89. The molecule has 12 heteroatoms. The van der Waals surface area contributed by atoms with Crippen molar-refractivity contribution in [2.75, 3.05) is 40.5 Å². The van der Waals surface area contributed by atoms with Crippen LogP contribution in [-0.2, 0) is 27.2 Å². The molecule has 2 heterocycles. The molecule has 2 rings (SSSR count). The lowest BCUT2D eigenvalue weighted by Gasteiger charge is -2.24. The SMILES string of the molecule is COCCN1CCc2oc(C(=O)N[C@@H](C)COC)nc2C1.O=C(O)C(F)(F)F. The number of carbonyl (C=O) groups is 2. The number of hydrogen-bond donors (Lipinski definition) is 2. The molecule has 1 aliphatic rings. The van der Waals surface area contributed by atoms with E-state index in [0.29, 0.717) is 19.8 Å². The van der Waals surface area contributed by atoms with Crippen molar-refractivity contribution in [2.45, 2.75) is 32.1 Å². The van der Waals surface area contributed by atoms with Gasteiger partial charge >= 0.3 is 18.1 Å². The van der Waals surface area contributed by atoms with Crippen molar-refractivity contribution in [1.29, 1.82) is 0 Å². The molecule has 1 aromatic rings. The number of carbonyl (C=O) groups excluding carboxylic acids is 1. The summed E-state index contributed by atoms with van der Waals surface area (Å²) < 4.78 is 47.4. The van der Waals surface area contributed by atoms with Crippen LogP contribution in [0.2, 0.25) is 0 Å². The molecule has 0 saturated heterocycles. The Balaban J connectivity index is 0.000000480. The van der Waals surface area contributed by atoms with E-state index in [1.165, 1.54) is 0 Å². The second-order valence-corrected chi connectivity index (χ2v) is 6.04. The van der Waals surface area contributed by atoms with Gasteiger partial charge in [-0.1, -0.05) is 0 Å². The van der Waals surface area contributed by atoms with Crippen LogP contribution in [0.25, 0.3) is 0 Å². The van der Waals surface area contributed by atoms with Crippen LogP contribution in [-0.4, -0.2) is 79.6 Å². The molecule has 9 nitrogen and oxygen atoms in total. The number of hydrogen-bond acceptors (Lipinski definition) is 7. The summed E-state index contributed by atoms with van der Waals surface area (Å²) in [7, 11) is 3.29. The Labute approximate surface area is 159 Å². The summed E-state index contributed by atoms with van der Waals surface area (Å²) in [5.41, 5.74) is 0.849. The molecule has 0 spiro atoms. The Kier molecular flexibility index (Phi) is 9.35. The van der Waals surface area contributed by atoms with Crippen LogP contribution in [0.5, 0.6) is 0 Å². The summed E-state index contributed by atoms with van der Waals surface area (Å²) in [6.45, 7) is 5.47. The number of alkyl halides is 3. The Hall–Kier alpha value is -2.18. The van der Waals surface area contributed by atoms with Gasteiger partial charge in [-0.15, -0.1) is 0 Å². The minimum Gasteiger partial charge on any atom is -0.475 e. The number of methoxy groups -OCH3 is 2. The highest BCUT2D eigenvalue weighted by Gasteiger charge is 2.38. The predicted molar refractivity (Wildman–Crippen MR) is 89.9 cm³/mol. The second-order valence-electron chi connectivity index (χ2n) is 6.04. The number of nitrogens with one attached hydrogen (secondary N) is 1. The van der Waals surface area contributed by atoms with E-state index in [1.54, 1.807) is 14.2 Å². The fourth-order valence-electron chi connectivity index (χ4n) is 2.34. The topological polar surface area (TPSA) is 114 Å². The summed E-state index contributed by atoms with van der Waals surface area (Å²) in [6, 6.07) is -0.0790. The third kappa shape index (κ3) is 7.82. The number of halogens is 3. The fraction of sp³-hybridized carbons (Fsp3) is 0.688. The molecule has 1 aliphatic heterocycles. The van der Waals surface area contributed by atoms with E-state index in [1.807, 2.05) is 6.92 Å². The number of rotatable bonds is 7. The van der Waals surface area contributed by atoms with E-state index in [0.717, 1.165) is 31.0 Å². The highest BCUT2D eigenvalue weighted by atomic mass is 19.4. The van der Waals surface area contributed by atoms with Gasteiger partial charge in [0.15, 0.2) is 0 Å². The average molecular weight is 411 g/mol. The Bertz CT molecular complexity index is 650. The van der Waals surface area contributed by atoms with E-state index in [9.17, 15) is 18.0 Å². The normalized spacial score (nSPS) is 15.2. The van der Waals surface area contributed by atoms with Crippen LogP contribution >= 0.6 is 0 Å². The number of aliphatic carboxylic acids is 1. The molecule has 2 N–H and O–H groups in total. The number of carboxylic acids is 1. The second kappa shape index (κ2) is 11.0. The number of nitrogens with zero attached hydrogens (tertiary/aromatic N) is 2. The molecule has 0 radical (unpaired) electrons. The van der Waals surface area contributed by atoms with Gasteiger partial charge in [0.1, 0.15) is 5.76 Å². The number of ether oxygens (including phenoxy) is 2. The maximum atomic E-state index is 12.0. The van der Waals surface area contributed by atoms with Gasteiger partial charge < -0.3 is 24.3 Å². The van der Waals surface area contributed by atoms with Gasteiger partial charge in [-0.3, -0.25) is 9.69 Å². The largest absolute Gasteiger partial charge is 0.490 e. The number of fused-ring (bicyclic) bond motifs is 1. The molecule has 0 aromatic carbocycles. The average Bonchev–Trinajstić information content (AvgIpc) is 3.03. The molecule has 1 amide bonds. The first kappa shape index (κ1) is 23.9. The van der Waals surface area contributed by atoms with Gasteiger partial charge in [0.2, 0.25) is 0 Å². The van der Waals surface area contributed by atoms with Crippen LogP contribution in [0, 0.1) is 0 Å². The first-order valence-electron chi connectivity index (χ1n) is 8.38. The minimum absolute atomic E-state index is 0.0790. The van der Waals surface area contributed by atoms with Crippen LogP contribution in [0.4, 0.5) is 13.2 Å². The van der Waals surface area contributed by atoms with Crippen molar-refractivity contribution in [1.82, 2.24) is 15.2 Å². The third-order valence-electron chi connectivity index (χ3n) is 3.65. The van der Waals surface area contributed by atoms with Crippen molar-refractivity contribution < 1.29 is 41.8 Å². The summed E-state index contributed by atoms with van der Waals surface area (Å²) in [5.74, 6) is -2.10. The smallest absolute Gasteiger partial charge is 0.475 e. The Morgan fingerprint density at radius 2 is 2.00 bits per heavy atom. The Morgan fingerprint density at radius 3 is 2.54 bits per heavy atom. The third-order valence-corrected chi connectivity index (χ3v) is 3.65. The van der Waals surface area contributed by atoms with Crippen LogP contribution in [0.1, 0.15) is 29.1 Å². The van der Waals surface area contributed by atoms with Gasteiger partial charge in [-0.25, -0.2) is 9.78 Å². The number of carboxylic acid groups (broad SMARTS) is 1. The van der Waals surface area contributed by atoms with Gasteiger partial charge in [0.25, 0.3) is 5.89 Å². The molecule has 0 fully saturated rings. The zero-order valence-corrected chi connectivity index (χ0v) is 15.8. The quantitative estimate of drug-likeness (QED) is 0.685. The zero-order chi connectivity index (χ0) is 21.3. The molecule has 28 heavy (non-hydrogen) atoms. The van der Waals surface area contributed by atoms with E-state index < -0.39 is 12.1 Å². The first-order chi connectivity index (χ1) is 13.1. The molecule has 1 aromatic heterocycles. The maximum Gasteiger partial charge on any atom is 0.490 e. The molecule has 0 saturated carbocycles. The van der Waals surface area contributed by atoms with Crippen LogP contribution in [0.3, 0.4) is 0 Å². The Morgan fingerprint density at radius 1 is 1.36 bits per heavy atom. The molecular weight excluding hydrogens is 387 g/mol. The van der Waals surface area contributed by atoms with Gasteiger partial charge in [0, 0.05) is 46.3 Å². The lowest BCUT2D eigenvalue weighted by Crippen LogP contribution is -2.35. The highest BCUT2D eigenvalue weighted by Crippen LogP contribution is 2.19. The summed E-state index contributed by atoms with van der Waals surface area (Å²) >= 11 is 0. The molecule has 0 aliphatic carbocycles. The summed E-state index contributed by atoms with van der Waals surface area (Å²) in [6.07, 6.45) is -4.31. The summed E-state index contributed by atoms with van der Waals surface area (Å²) in [5, 5.41) is 9.92. The van der Waals surface area contributed by atoms with Crippen LogP contribution in [0.15, 0.2) is 4.42 Å². The van der Waals surface area contributed by atoms with E-state index >= 15 is 0 Å². The lowest BCUT2D eigenvalue weighted by atomic mass is 10.2. The first-order valence-corrected chi connectivity index (χ1v) is 8.38. The molecular formula is C16H24F3N3O6. The van der Waals surface area contributed by atoms with E-state index in [2.05, 4.69) is 15.2 Å². The molecule has 1 atom stereocenters. The monoisotopic (exact) mass is 411 g/mol. The molecule has 0 bridgehead atoms. The van der Waals surface area contributed by atoms with Gasteiger partial charge in [-0.2, -0.15) is 13.2 Å².